The lowest BCUT2D eigenvalue weighted by Gasteiger charge is -2.03. The minimum absolute atomic E-state index is 0. The molecule has 2 amide bonds. The van der Waals surface area contributed by atoms with Crippen molar-refractivity contribution in [3.8, 4) is 0 Å². The van der Waals surface area contributed by atoms with Crippen LogP contribution in [0, 0.1) is 0 Å². The predicted octanol–water partition coefficient (Wildman–Crippen LogP) is -0.0533. The van der Waals surface area contributed by atoms with Gasteiger partial charge in [-0.15, -0.1) is 12.4 Å². The van der Waals surface area contributed by atoms with Crippen molar-refractivity contribution < 1.29 is 4.79 Å². The molecule has 0 aromatic rings. The molecule has 0 saturated heterocycles. The highest BCUT2D eigenvalue weighted by Crippen LogP contribution is 1.62. The highest BCUT2D eigenvalue weighted by atomic mass is 35.5. The minimum Gasteiger partial charge on any atom is -0.338 e. The van der Waals surface area contributed by atoms with Crippen LogP contribution in [0.15, 0.2) is 0 Å². The van der Waals surface area contributed by atoms with E-state index in [1.807, 2.05) is 14.0 Å². The summed E-state index contributed by atoms with van der Waals surface area (Å²) in [6.07, 6.45) is 0. The van der Waals surface area contributed by atoms with Crippen molar-refractivity contribution in [3.05, 3.63) is 0 Å². The number of nitrogens with one attached hydrogen (secondary N) is 3. The van der Waals surface area contributed by atoms with Crippen LogP contribution in [0.5, 0.6) is 0 Å². The summed E-state index contributed by atoms with van der Waals surface area (Å²) in [4.78, 5) is 10.7. The van der Waals surface area contributed by atoms with Gasteiger partial charge in [0.2, 0.25) is 0 Å². The average Bonchev–Trinajstić information content (AvgIpc) is 1.89. The van der Waals surface area contributed by atoms with E-state index < -0.39 is 0 Å². The van der Waals surface area contributed by atoms with Crippen LogP contribution in [-0.4, -0.2) is 32.7 Å². The Balaban J connectivity index is 0. The lowest BCUT2D eigenvalue weighted by molar-refractivity contribution is 0.241. The Kier molecular flexibility index (Phi) is 11.4. The quantitative estimate of drug-likeness (QED) is 0.533. The summed E-state index contributed by atoms with van der Waals surface area (Å²) in [6, 6.07) is -0.0993. The molecule has 0 unspecified atom stereocenters. The first-order valence-electron chi connectivity index (χ1n) is 3.47. The monoisotopic (exact) mass is 181 g/mol. The number of hydrogen-bond acceptors (Lipinski definition) is 2. The van der Waals surface area contributed by atoms with Crippen molar-refractivity contribution in [2.24, 2.45) is 0 Å². The largest absolute Gasteiger partial charge is 0.338 e. The van der Waals surface area contributed by atoms with Gasteiger partial charge in [-0.25, -0.2) is 4.79 Å². The molecule has 0 aliphatic rings. The molecule has 68 valence electrons. The number of hydrogen-bond donors (Lipinski definition) is 3. The van der Waals surface area contributed by atoms with Gasteiger partial charge in [0.05, 0.1) is 0 Å². The second kappa shape index (κ2) is 9.52. The van der Waals surface area contributed by atoms with Crippen LogP contribution in [0.2, 0.25) is 0 Å². The Labute approximate surface area is 73.5 Å². The molecule has 4 nitrogen and oxygen atoms in total. The van der Waals surface area contributed by atoms with Crippen LogP contribution in [0.25, 0.3) is 0 Å². The first-order chi connectivity index (χ1) is 4.81. The first-order valence-corrected chi connectivity index (χ1v) is 3.47. The third kappa shape index (κ3) is 9.52. The topological polar surface area (TPSA) is 53.2 Å². The summed E-state index contributed by atoms with van der Waals surface area (Å²) in [5.41, 5.74) is 0. The number of amides is 2. The number of carbonyl (C=O) groups excluding carboxylic acids is 1. The maximum Gasteiger partial charge on any atom is 0.314 e. The standard InChI is InChI=1S/C6H15N3O.ClH/c1-3-8-6(10)9-5-4-7-2;/h7H,3-5H2,1-2H3,(H2,8,9,10);1H. The second-order valence-corrected chi connectivity index (χ2v) is 1.89. The van der Waals surface area contributed by atoms with Crippen LogP contribution >= 0.6 is 12.4 Å². The van der Waals surface area contributed by atoms with Crippen LogP contribution in [0.1, 0.15) is 6.92 Å². The van der Waals surface area contributed by atoms with E-state index in [0.717, 1.165) is 6.54 Å². The third-order valence-corrected chi connectivity index (χ3v) is 0.998. The highest BCUT2D eigenvalue weighted by molar-refractivity contribution is 5.85. The maximum absolute atomic E-state index is 10.7. The Morgan fingerprint density at radius 2 is 1.91 bits per heavy atom. The number of urea groups is 1. The van der Waals surface area contributed by atoms with Gasteiger partial charge in [0.1, 0.15) is 0 Å². The normalized spacial score (nSPS) is 8.18. The molecule has 0 bridgehead atoms. The van der Waals surface area contributed by atoms with Crippen LogP contribution < -0.4 is 16.0 Å². The van der Waals surface area contributed by atoms with Gasteiger partial charge in [-0.1, -0.05) is 0 Å². The molecule has 0 saturated carbocycles. The SMILES string of the molecule is CCNC(=O)NCCNC.Cl. The molecule has 0 aliphatic carbocycles. The van der Waals surface area contributed by atoms with Gasteiger partial charge in [-0.05, 0) is 14.0 Å². The number of likely N-dealkylation sites (N-methyl/N-ethyl adjacent to an activating group) is 1. The van der Waals surface area contributed by atoms with Gasteiger partial charge in [-0.3, -0.25) is 0 Å². The molecular formula is C6H16ClN3O. The summed E-state index contributed by atoms with van der Waals surface area (Å²) in [5.74, 6) is 0. The van der Waals surface area contributed by atoms with Crippen molar-refractivity contribution in [2.75, 3.05) is 26.7 Å². The molecule has 0 radical (unpaired) electrons. The van der Waals surface area contributed by atoms with E-state index >= 15 is 0 Å². The summed E-state index contributed by atoms with van der Waals surface area (Å²) in [5, 5.41) is 8.22. The zero-order valence-corrected chi connectivity index (χ0v) is 7.75. The predicted molar refractivity (Wildman–Crippen MR) is 48.3 cm³/mol. The second-order valence-electron chi connectivity index (χ2n) is 1.89. The average molecular weight is 182 g/mol. The fourth-order valence-corrected chi connectivity index (χ4v) is 0.524. The lowest BCUT2D eigenvalue weighted by atomic mass is 10.6. The molecule has 3 N–H and O–H groups in total. The fourth-order valence-electron chi connectivity index (χ4n) is 0.524. The molecule has 0 aliphatic heterocycles. The van der Waals surface area contributed by atoms with Crippen LogP contribution in [-0.2, 0) is 0 Å². The molecular weight excluding hydrogens is 166 g/mol. The minimum atomic E-state index is -0.0993. The van der Waals surface area contributed by atoms with E-state index in [2.05, 4.69) is 16.0 Å². The molecule has 5 heteroatoms. The van der Waals surface area contributed by atoms with E-state index in [4.69, 9.17) is 0 Å². The molecule has 11 heavy (non-hydrogen) atoms. The van der Waals surface area contributed by atoms with Gasteiger partial charge in [0.25, 0.3) is 0 Å². The molecule has 0 atom stereocenters. The van der Waals surface area contributed by atoms with Crippen LogP contribution in [0.4, 0.5) is 4.79 Å². The number of rotatable bonds is 4. The van der Waals surface area contributed by atoms with Gasteiger partial charge in [0, 0.05) is 19.6 Å². The van der Waals surface area contributed by atoms with E-state index in [9.17, 15) is 4.79 Å². The van der Waals surface area contributed by atoms with E-state index in [-0.39, 0.29) is 18.4 Å². The molecule has 0 aromatic carbocycles. The summed E-state index contributed by atoms with van der Waals surface area (Å²) in [6.45, 7) is 4.03. The Hall–Kier alpha value is -0.480. The smallest absolute Gasteiger partial charge is 0.314 e. The third-order valence-electron chi connectivity index (χ3n) is 0.998. The van der Waals surface area contributed by atoms with Crippen LogP contribution in [0.3, 0.4) is 0 Å². The summed E-state index contributed by atoms with van der Waals surface area (Å²) in [7, 11) is 1.85. The van der Waals surface area contributed by atoms with E-state index in [1.165, 1.54) is 0 Å². The molecule has 0 rings (SSSR count). The van der Waals surface area contributed by atoms with Crippen molar-refractivity contribution in [3.63, 3.8) is 0 Å². The first kappa shape index (κ1) is 13.1. The number of halogens is 1. The van der Waals surface area contributed by atoms with Crippen molar-refractivity contribution in [1.29, 1.82) is 0 Å². The molecule has 0 spiro atoms. The number of carbonyl (C=O) groups is 1. The summed E-state index contributed by atoms with van der Waals surface area (Å²) < 4.78 is 0. The van der Waals surface area contributed by atoms with Crippen molar-refractivity contribution in [2.45, 2.75) is 6.92 Å². The zero-order chi connectivity index (χ0) is 7.82. The van der Waals surface area contributed by atoms with Gasteiger partial charge < -0.3 is 16.0 Å². The van der Waals surface area contributed by atoms with E-state index in [1.54, 1.807) is 0 Å². The Bertz CT molecular complexity index is 99.8. The van der Waals surface area contributed by atoms with Gasteiger partial charge >= 0.3 is 6.03 Å². The van der Waals surface area contributed by atoms with E-state index in [0.29, 0.717) is 13.1 Å². The Morgan fingerprint density at radius 1 is 1.27 bits per heavy atom. The van der Waals surface area contributed by atoms with Crippen molar-refractivity contribution in [1.82, 2.24) is 16.0 Å². The maximum atomic E-state index is 10.7. The molecule has 0 heterocycles. The lowest BCUT2D eigenvalue weighted by Crippen LogP contribution is -2.38. The van der Waals surface area contributed by atoms with Gasteiger partial charge in [-0.2, -0.15) is 0 Å². The molecule has 0 aromatic heterocycles. The highest BCUT2D eigenvalue weighted by Gasteiger charge is 1.93. The van der Waals surface area contributed by atoms with Gasteiger partial charge in [0.15, 0.2) is 0 Å². The fraction of sp³-hybridized carbons (Fsp3) is 0.833. The Morgan fingerprint density at radius 3 is 2.36 bits per heavy atom. The summed E-state index contributed by atoms with van der Waals surface area (Å²) >= 11 is 0. The van der Waals surface area contributed by atoms with Crippen molar-refractivity contribution >= 4 is 18.4 Å². The zero-order valence-electron chi connectivity index (χ0n) is 6.94. The molecule has 0 fully saturated rings.